The van der Waals surface area contributed by atoms with Crippen LogP contribution in [0.5, 0.6) is 0 Å². The molecule has 0 atom stereocenters. The molecule has 0 fully saturated rings. The molecule has 5 heteroatoms. The number of amides is 1. The van der Waals surface area contributed by atoms with Gasteiger partial charge < -0.3 is 5.32 Å². The Hall–Kier alpha value is -0.870. The summed E-state index contributed by atoms with van der Waals surface area (Å²) >= 11 is 8.44. The van der Waals surface area contributed by atoms with Gasteiger partial charge in [0.2, 0.25) is 0 Å². The molecule has 0 saturated carbocycles. The maximum absolute atomic E-state index is 13.5. The van der Waals surface area contributed by atoms with Crippen LogP contribution in [0.1, 0.15) is 10.4 Å². The SMILES string of the molecule is O=C(NC/C=C/CCl)c1cccc(Br)c1F. The summed E-state index contributed by atoms with van der Waals surface area (Å²) in [5.41, 5.74) is 0.0219. The predicted octanol–water partition coefficient (Wildman–Crippen LogP) is 3.11. The van der Waals surface area contributed by atoms with Crippen molar-refractivity contribution in [2.24, 2.45) is 0 Å². The molecule has 1 aromatic carbocycles. The molecule has 1 rings (SSSR count). The molecule has 1 amide bonds. The fourth-order valence-electron chi connectivity index (χ4n) is 1.07. The van der Waals surface area contributed by atoms with Gasteiger partial charge in [0, 0.05) is 12.4 Å². The first-order valence-electron chi connectivity index (χ1n) is 4.60. The summed E-state index contributed by atoms with van der Waals surface area (Å²) in [7, 11) is 0. The maximum atomic E-state index is 13.5. The summed E-state index contributed by atoms with van der Waals surface area (Å²) in [5.74, 6) is -0.611. The molecule has 0 aliphatic rings. The molecule has 0 saturated heterocycles. The van der Waals surface area contributed by atoms with Gasteiger partial charge in [-0.3, -0.25) is 4.79 Å². The molecule has 0 spiro atoms. The van der Waals surface area contributed by atoms with Gasteiger partial charge in [0.25, 0.3) is 5.91 Å². The zero-order valence-electron chi connectivity index (χ0n) is 8.34. The largest absolute Gasteiger partial charge is 0.348 e. The highest BCUT2D eigenvalue weighted by Crippen LogP contribution is 2.18. The van der Waals surface area contributed by atoms with Gasteiger partial charge in [-0.05, 0) is 28.1 Å². The number of nitrogens with one attached hydrogen (secondary N) is 1. The lowest BCUT2D eigenvalue weighted by molar-refractivity contribution is 0.0954. The van der Waals surface area contributed by atoms with Gasteiger partial charge in [-0.25, -0.2) is 4.39 Å². The van der Waals surface area contributed by atoms with Crippen LogP contribution in [0.4, 0.5) is 4.39 Å². The van der Waals surface area contributed by atoms with Gasteiger partial charge >= 0.3 is 0 Å². The minimum absolute atomic E-state index is 0.0219. The highest BCUT2D eigenvalue weighted by molar-refractivity contribution is 9.10. The molecule has 1 N–H and O–H groups in total. The predicted molar refractivity (Wildman–Crippen MR) is 66.3 cm³/mol. The fraction of sp³-hybridized carbons (Fsp3) is 0.182. The Labute approximate surface area is 107 Å². The molecule has 2 nitrogen and oxygen atoms in total. The molecule has 16 heavy (non-hydrogen) atoms. The summed E-state index contributed by atoms with van der Waals surface area (Å²) in [6.45, 7) is 0.331. The highest BCUT2D eigenvalue weighted by Gasteiger charge is 2.12. The van der Waals surface area contributed by atoms with E-state index in [9.17, 15) is 9.18 Å². The van der Waals surface area contributed by atoms with Crippen LogP contribution >= 0.6 is 27.5 Å². The number of halogens is 3. The smallest absolute Gasteiger partial charge is 0.254 e. The first-order chi connectivity index (χ1) is 7.66. The van der Waals surface area contributed by atoms with E-state index >= 15 is 0 Å². The van der Waals surface area contributed by atoms with Crippen molar-refractivity contribution in [3.63, 3.8) is 0 Å². The molecule has 86 valence electrons. The van der Waals surface area contributed by atoms with Gasteiger partial charge in [0.05, 0.1) is 10.0 Å². The third kappa shape index (κ3) is 3.61. The summed E-state index contributed by atoms with van der Waals surface area (Å²) < 4.78 is 13.8. The number of carbonyl (C=O) groups excluding carboxylic acids is 1. The normalized spacial score (nSPS) is 10.7. The van der Waals surface area contributed by atoms with Crippen molar-refractivity contribution in [3.05, 3.63) is 46.2 Å². The van der Waals surface area contributed by atoms with Crippen molar-refractivity contribution < 1.29 is 9.18 Å². The van der Waals surface area contributed by atoms with Crippen LogP contribution in [0.2, 0.25) is 0 Å². The Morgan fingerprint density at radius 2 is 2.25 bits per heavy atom. The van der Waals surface area contributed by atoms with E-state index in [0.717, 1.165) is 0 Å². The summed E-state index contributed by atoms with van der Waals surface area (Å²) in [5, 5.41) is 2.56. The van der Waals surface area contributed by atoms with E-state index in [-0.39, 0.29) is 10.0 Å². The molecular formula is C11H10BrClFNO. The van der Waals surface area contributed by atoms with Crippen molar-refractivity contribution in [2.75, 3.05) is 12.4 Å². The van der Waals surface area contributed by atoms with Gasteiger partial charge in [-0.15, -0.1) is 11.6 Å². The highest BCUT2D eigenvalue weighted by atomic mass is 79.9. The van der Waals surface area contributed by atoms with E-state index in [4.69, 9.17) is 11.6 Å². The quantitative estimate of drug-likeness (QED) is 0.672. The summed E-state index contributed by atoms with van der Waals surface area (Å²) in [6, 6.07) is 4.58. The monoisotopic (exact) mass is 305 g/mol. The van der Waals surface area contributed by atoms with Crippen LogP contribution in [0, 0.1) is 5.82 Å². The van der Waals surface area contributed by atoms with E-state index in [0.29, 0.717) is 12.4 Å². The molecule has 0 aliphatic heterocycles. The fourth-order valence-corrected chi connectivity index (χ4v) is 1.56. The lowest BCUT2D eigenvalue weighted by Crippen LogP contribution is -2.24. The standard InChI is InChI=1S/C11H10BrClFNO/c12-9-5-3-4-8(10(9)14)11(16)15-7-2-1-6-13/h1-5H,6-7H2,(H,15,16)/b2-1+. The first-order valence-corrected chi connectivity index (χ1v) is 5.92. The number of benzene rings is 1. The number of hydrogen-bond donors (Lipinski definition) is 1. The third-order valence-electron chi connectivity index (χ3n) is 1.83. The Bertz CT molecular complexity index is 409. The Kier molecular flexibility index (Phi) is 5.49. The Morgan fingerprint density at radius 3 is 2.94 bits per heavy atom. The van der Waals surface area contributed by atoms with Gasteiger partial charge in [-0.2, -0.15) is 0 Å². The molecule has 0 heterocycles. The molecule has 0 bridgehead atoms. The van der Waals surface area contributed by atoms with E-state index in [2.05, 4.69) is 21.2 Å². The lowest BCUT2D eigenvalue weighted by Gasteiger charge is -2.04. The molecule has 0 unspecified atom stereocenters. The molecule has 0 radical (unpaired) electrons. The average Bonchev–Trinajstić information content (AvgIpc) is 2.28. The van der Waals surface area contributed by atoms with Crippen LogP contribution in [-0.4, -0.2) is 18.3 Å². The second kappa shape index (κ2) is 6.66. The minimum atomic E-state index is -0.554. The van der Waals surface area contributed by atoms with E-state index in [1.165, 1.54) is 6.07 Å². The van der Waals surface area contributed by atoms with Gasteiger partial charge in [-0.1, -0.05) is 18.2 Å². The first kappa shape index (κ1) is 13.2. The van der Waals surface area contributed by atoms with Crippen LogP contribution in [0.3, 0.4) is 0 Å². The van der Waals surface area contributed by atoms with Crippen molar-refractivity contribution in [2.45, 2.75) is 0 Å². The number of hydrogen-bond acceptors (Lipinski definition) is 1. The van der Waals surface area contributed by atoms with Crippen LogP contribution in [-0.2, 0) is 0 Å². The van der Waals surface area contributed by atoms with Crippen molar-refractivity contribution in [1.82, 2.24) is 5.32 Å². The second-order valence-electron chi connectivity index (χ2n) is 2.94. The van der Waals surface area contributed by atoms with Gasteiger partial charge in [0.1, 0.15) is 5.82 Å². The molecule has 1 aromatic rings. The topological polar surface area (TPSA) is 29.1 Å². The number of alkyl halides is 1. The van der Waals surface area contributed by atoms with E-state index in [1.807, 2.05) is 0 Å². The van der Waals surface area contributed by atoms with Crippen LogP contribution in [0.15, 0.2) is 34.8 Å². The van der Waals surface area contributed by atoms with Crippen LogP contribution in [0.25, 0.3) is 0 Å². The Balaban J connectivity index is 2.66. The number of rotatable bonds is 4. The number of carbonyl (C=O) groups is 1. The average molecular weight is 307 g/mol. The minimum Gasteiger partial charge on any atom is -0.348 e. The second-order valence-corrected chi connectivity index (χ2v) is 4.10. The van der Waals surface area contributed by atoms with Gasteiger partial charge in [0.15, 0.2) is 0 Å². The van der Waals surface area contributed by atoms with E-state index in [1.54, 1.807) is 24.3 Å². The third-order valence-corrected chi connectivity index (χ3v) is 2.62. The summed E-state index contributed by atoms with van der Waals surface area (Å²) in [4.78, 5) is 11.5. The summed E-state index contributed by atoms with van der Waals surface area (Å²) in [6.07, 6.45) is 3.42. The van der Waals surface area contributed by atoms with E-state index < -0.39 is 11.7 Å². The van der Waals surface area contributed by atoms with Crippen molar-refractivity contribution >= 4 is 33.4 Å². The zero-order valence-corrected chi connectivity index (χ0v) is 10.7. The lowest BCUT2D eigenvalue weighted by atomic mass is 10.2. The number of allylic oxidation sites excluding steroid dienone is 1. The Morgan fingerprint density at radius 1 is 1.50 bits per heavy atom. The zero-order chi connectivity index (χ0) is 12.0. The van der Waals surface area contributed by atoms with Crippen LogP contribution < -0.4 is 5.32 Å². The molecule has 0 aromatic heterocycles. The van der Waals surface area contributed by atoms with Crippen molar-refractivity contribution in [1.29, 1.82) is 0 Å². The van der Waals surface area contributed by atoms with Crippen molar-refractivity contribution in [3.8, 4) is 0 Å². The maximum Gasteiger partial charge on any atom is 0.254 e. The molecular weight excluding hydrogens is 296 g/mol. The molecule has 0 aliphatic carbocycles.